The molecule has 1 fully saturated rings. The molecule has 0 spiro atoms. The zero-order valence-corrected chi connectivity index (χ0v) is 7.79. The number of hydrogen-bond donors (Lipinski definition) is 0. The number of rotatable bonds is 0. The molecule has 0 aromatic rings. The Kier molecular flexibility index (Phi) is 2.36. The number of amides is 1. The maximum atomic E-state index is 11.1. The average Bonchev–Trinajstić information content (AvgIpc) is 2.31. The molecule has 1 saturated heterocycles. The van der Waals surface area contributed by atoms with Crippen molar-refractivity contribution >= 4 is 17.8 Å². The van der Waals surface area contributed by atoms with E-state index < -0.39 is 17.5 Å². The molecule has 72 valence electrons. The van der Waals surface area contributed by atoms with Gasteiger partial charge in [0.1, 0.15) is 12.3 Å². The second kappa shape index (κ2) is 3.16. The molecule has 0 aromatic heterocycles. The van der Waals surface area contributed by atoms with Crippen LogP contribution in [0.3, 0.4) is 0 Å². The highest BCUT2D eigenvalue weighted by atomic mass is 16.5. The van der Waals surface area contributed by atoms with Gasteiger partial charge >= 0.3 is 12.1 Å². The highest BCUT2D eigenvalue weighted by Crippen LogP contribution is 2.25. The van der Waals surface area contributed by atoms with Gasteiger partial charge in [0.25, 0.3) is 0 Å². The van der Waals surface area contributed by atoms with Crippen molar-refractivity contribution in [2.24, 2.45) is 10.4 Å². The number of carbonyl (C=O) groups is 2. The summed E-state index contributed by atoms with van der Waals surface area (Å²) in [4.78, 5) is 25.4. The zero-order valence-electron chi connectivity index (χ0n) is 7.79. The summed E-state index contributed by atoms with van der Waals surface area (Å²) in [5, 5.41) is 0. The predicted octanol–water partition coefficient (Wildman–Crippen LogP) is 0.777. The molecule has 0 aromatic carbocycles. The third-order valence-electron chi connectivity index (χ3n) is 1.78. The Balaban J connectivity index is 2.94. The number of ether oxygens (including phenoxy) is 2. The molecule has 1 heterocycles. The van der Waals surface area contributed by atoms with Crippen molar-refractivity contribution in [3.63, 3.8) is 0 Å². The maximum absolute atomic E-state index is 11.1. The normalized spacial score (nSPS) is 23.0. The lowest BCUT2D eigenvalue weighted by Crippen LogP contribution is -2.25. The van der Waals surface area contributed by atoms with Gasteiger partial charge in [0.05, 0.1) is 7.11 Å². The first-order valence-corrected chi connectivity index (χ1v) is 3.81. The summed E-state index contributed by atoms with van der Waals surface area (Å²) in [5.74, 6) is -0.546. The van der Waals surface area contributed by atoms with Crippen molar-refractivity contribution in [2.45, 2.75) is 13.8 Å². The summed E-state index contributed by atoms with van der Waals surface area (Å²) in [6.45, 7) is 3.81. The SMILES string of the molecule is COC(=O)/N=C1/C(=O)OCC1(C)C. The fourth-order valence-electron chi connectivity index (χ4n) is 0.993. The number of hydrogen-bond acceptors (Lipinski definition) is 4. The van der Waals surface area contributed by atoms with Gasteiger partial charge in [0.2, 0.25) is 0 Å². The zero-order chi connectivity index (χ0) is 10.1. The molecular weight excluding hydrogens is 174 g/mol. The van der Waals surface area contributed by atoms with E-state index in [9.17, 15) is 9.59 Å². The highest BCUT2D eigenvalue weighted by molar-refractivity contribution is 6.41. The third-order valence-corrected chi connectivity index (χ3v) is 1.78. The molecule has 0 bridgehead atoms. The van der Waals surface area contributed by atoms with Gasteiger partial charge in [0, 0.05) is 5.41 Å². The average molecular weight is 185 g/mol. The van der Waals surface area contributed by atoms with Crippen LogP contribution in [0, 0.1) is 5.41 Å². The smallest absolute Gasteiger partial charge is 0.433 e. The number of cyclic esters (lactones) is 1. The first-order chi connectivity index (χ1) is 5.97. The molecule has 13 heavy (non-hydrogen) atoms. The van der Waals surface area contributed by atoms with Gasteiger partial charge < -0.3 is 9.47 Å². The number of nitrogens with zero attached hydrogens (tertiary/aromatic N) is 1. The van der Waals surface area contributed by atoms with Gasteiger partial charge in [-0.2, -0.15) is 4.99 Å². The van der Waals surface area contributed by atoms with Crippen molar-refractivity contribution < 1.29 is 19.1 Å². The lowest BCUT2D eigenvalue weighted by Gasteiger charge is -2.11. The Hall–Kier alpha value is -1.39. The van der Waals surface area contributed by atoms with E-state index in [-0.39, 0.29) is 12.3 Å². The van der Waals surface area contributed by atoms with Crippen LogP contribution in [0.5, 0.6) is 0 Å². The van der Waals surface area contributed by atoms with Crippen LogP contribution >= 0.6 is 0 Å². The molecule has 1 rings (SSSR count). The number of esters is 1. The highest BCUT2D eigenvalue weighted by Gasteiger charge is 2.40. The van der Waals surface area contributed by atoms with Crippen molar-refractivity contribution in [1.82, 2.24) is 0 Å². The molecule has 0 aliphatic carbocycles. The Labute approximate surface area is 75.7 Å². The molecule has 1 aliphatic heterocycles. The summed E-state index contributed by atoms with van der Waals surface area (Å²) in [6, 6.07) is 0. The maximum Gasteiger partial charge on any atom is 0.433 e. The van der Waals surface area contributed by atoms with Crippen molar-refractivity contribution in [3.05, 3.63) is 0 Å². The standard InChI is InChI=1S/C8H11NO4/c1-8(2)4-13-6(10)5(8)9-7(11)12-3/h4H2,1-3H3/b9-5-. The molecule has 0 radical (unpaired) electrons. The molecule has 0 unspecified atom stereocenters. The second-order valence-corrected chi connectivity index (χ2v) is 3.39. The number of methoxy groups -OCH3 is 1. The van der Waals surface area contributed by atoms with Crippen LogP contribution in [0.1, 0.15) is 13.8 Å². The third kappa shape index (κ3) is 1.85. The van der Waals surface area contributed by atoms with E-state index in [1.807, 2.05) is 0 Å². The van der Waals surface area contributed by atoms with E-state index in [0.717, 1.165) is 0 Å². The van der Waals surface area contributed by atoms with Crippen LogP contribution in [0.15, 0.2) is 4.99 Å². The minimum Gasteiger partial charge on any atom is -0.460 e. The van der Waals surface area contributed by atoms with Gasteiger partial charge in [-0.1, -0.05) is 13.8 Å². The summed E-state index contributed by atoms with van der Waals surface area (Å²) in [7, 11) is 1.21. The molecular formula is C8H11NO4. The Morgan fingerprint density at radius 1 is 1.62 bits per heavy atom. The Bertz CT molecular complexity index is 280. The van der Waals surface area contributed by atoms with E-state index in [1.165, 1.54) is 7.11 Å². The minimum atomic E-state index is -0.776. The molecule has 0 N–H and O–H groups in total. The van der Waals surface area contributed by atoms with E-state index >= 15 is 0 Å². The van der Waals surface area contributed by atoms with Crippen molar-refractivity contribution in [1.29, 1.82) is 0 Å². The van der Waals surface area contributed by atoms with E-state index in [1.54, 1.807) is 13.8 Å². The van der Waals surface area contributed by atoms with Crippen LogP contribution in [0.2, 0.25) is 0 Å². The van der Waals surface area contributed by atoms with E-state index in [2.05, 4.69) is 9.73 Å². The quantitative estimate of drug-likeness (QED) is 0.523. The topological polar surface area (TPSA) is 65.0 Å². The Morgan fingerprint density at radius 3 is 2.62 bits per heavy atom. The molecule has 5 heteroatoms. The van der Waals surface area contributed by atoms with Crippen LogP contribution < -0.4 is 0 Å². The van der Waals surface area contributed by atoms with Crippen LogP contribution in [-0.2, 0) is 14.3 Å². The lowest BCUT2D eigenvalue weighted by molar-refractivity contribution is -0.133. The Morgan fingerprint density at radius 2 is 2.23 bits per heavy atom. The fraction of sp³-hybridized carbons (Fsp3) is 0.625. The van der Waals surface area contributed by atoms with Gasteiger partial charge in [-0.05, 0) is 0 Å². The fourth-order valence-corrected chi connectivity index (χ4v) is 0.993. The van der Waals surface area contributed by atoms with Crippen molar-refractivity contribution in [2.75, 3.05) is 13.7 Å². The van der Waals surface area contributed by atoms with Crippen LogP contribution in [0.4, 0.5) is 4.79 Å². The minimum absolute atomic E-state index is 0.124. The number of carbonyl (C=O) groups excluding carboxylic acids is 2. The molecule has 0 saturated carbocycles. The van der Waals surface area contributed by atoms with Crippen molar-refractivity contribution in [3.8, 4) is 0 Å². The van der Waals surface area contributed by atoms with Gasteiger partial charge in [-0.25, -0.2) is 9.59 Å². The first-order valence-electron chi connectivity index (χ1n) is 3.81. The van der Waals surface area contributed by atoms with Gasteiger partial charge in [-0.15, -0.1) is 0 Å². The molecule has 0 atom stereocenters. The molecule has 1 amide bonds. The van der Waals surface area contributed by atoms with Gasteiger partial charge in [0.15, 0.2) is 0 Å². The summed E-state index contributed by atoms with van der Waals surface area (Å²) in [5.41, 5.74) is -0.384. The largest absolute Gasteiger partial charge is 0.460 e. The second-order valence-electron chi connectivity index (χ2n) is 3.39. The van der Waals surface area contributed by atoms with Gasteiger partial charge in [-0.3, -0.25) is 0 Å². The van der Waals surface area contributed by atoms with E-state index in [0.29, 0.717) is 0 Å². The molecule has 1 aliphatic rings. The monoisotopic (exact) mass is 185 g/mol. The van der Waals surface area contributed by atoms with E-state index in [4.69, 9.17) is 4.74 Å². The van der Waals surface area contributed by atoms with Crippen LogP contribution in [0.25, 0.3) is 0 Å². The summed E-state index contributed by atoms with van der Waals surface area (Å²) in [6.07, 6.45) is -0.776. The number of aliphatic imine (C=N–C) groups is 1. The molecule has 5 nitrogen and oxygen atoms in total. The summed E-state index contributed by atoms with van der Waals surface area (Å²) >= 11 is 0. The first kappa shape index (κ1) is 9.70. The van der Waals surface area contributed by atoms with Crippen LogP contribution in [-0.4, -0.2) is 31.5 Å². The predicted molar refractivity (Wildman–Crippen MR) is 44.6 cm³/mol. The summed E-state index contributed by atoms with van der Waals surface area (Å²) < 4.78 is 9.07. The lowest BCUT2D eigenvalue weighted by atomic mass is 9.91.